The third kappa shape index (κ3) is 3.96. The van der Waals surface area contributed by atoms with Gasteiger partial charge in [-0.1, -0.05) is 13.0 Å². The smallest absolute Gasteiger partial charge is 0.339 e. The van der Waals surface area contributed by atoms with Gasteiger partial charge in [-0.05, 0) is 30.4 Å². The number of thiophene rings is 2. The highest BCUT2D eigenvalue weighted by Gasteiger charge is 2.22. The van der Waals surface area contributed by atoms with E-state index in [-0.39, 0.29) is 18.0 Å². The van der Waals surface area contributed by atoms with E-state index in [1.54, 1.807) is 17.5 Å². The summed E-state index contributed by atoms with van der Waals surface area (Å²) < 4.78 is 0. The lowest BCUT2D eigenvalue weighted by Gasteiger charge is -2.06. The fraction of sp³-hybridized carbons (Fsp3) is 0.267. The van der Waals surface area contributed by atoms with Gasteiger partial charge in [0.2, 0.25) is 5.91 Å². The molecule has 3 N–H and O–H groups in total. The average molecular weight is 352 g/mol. The Balaban J connectivity index is 2.03. The highest BCUT2D eigenvalue weighted by atomic mass is 32.1. The molecule has 2 amide bonds. The zero-order chi connectivity index (χ0) is 17.0. The van der Waals surface area contributed by atoms with Crippen LogP contribution in [-0.4, -0.2) is 29.4 Å². The second-order valence-electron chi connectivity index (χ2n) is 4.71. The second kappa shape index (κ2) is 7.38. The SMILES string of the molecule is CCc1c(C)sc(NC(=O)CNC(=O)c2cccs2)c1C(=O)O. The summed E-state index contributed by atoms with van der Waals surface area (Å²) in [7, 11) is 0. The van der Waals surface area contributed by atoms with E-state index in [0.717, 1.165) is 10.4 Å². The molecule has 122 valence electrons. The van der Waals surface area contributed by atoms with Gasteiger partial charge in [0.05, 0.1) is 17.0 Å². The van der Waals surface area contributed by atoms with E-state index in [0.29, 0.717) is 16.3 Å². The highest BCUT2D eigenvalue weighted by Crippen LogP contribution is 2.33. The molecule has 0 saturated carbocycles. The maximum atomic E-state index is 12.0. The summed E-state index contributed by atoms with van der Waals surface area (Å²) in [6.07, 6.45) is 0.578. The van der Waals surface area contributed by atoms with Crippen LogP contribution in [0.4, 0.5) is 5.00 Å². The van der Waals surface area contributed by atoms with E-state index in [4.69, 9.17) is 0 Å². The van der Waals surface area contributed by atoms with Crippen molar-refractivity contribution in [2.24, 2.45) is 0 Å². The summed E-state index contributed by atoms with van der Waals surface area (Å²) in [5.74, 6) is -1.85. The van der Waals surface area contributed by atoms with Gasteiger partial charge in [-0.25, -0.2) is 4.79 Å². The molecule has 0 aliphatic heterocycles. The first-order valence-electron chi connectivity index (χ1n) is 6.91. The molecule has 0 atom stereocenters. The lowest BCUT2D eigenvalue weighted by atomic mass is 10.1. The molecular formula is C15H16N2O4S2. The molecule has 6 nitrogen and oxygen atoms in total. The quantitative estimate of drug-likeness (QED) is 0.745. The van der Waals surface area contributed by atoms with Crippen molar-refractivity contribution < 1.29 is 19.5 Å². The minimum atomic E-state index is -1.07. The Morgan fingerprint density at radius 1 is 1.30 bits per heavy atom. The number of aromatic carboxylic acids is 1. The van der Waals surface area contributed by atoms with E-state index in [9.17, 15) is 19.5 Å². The molecule has 0 aromatic carbocycles. The summed E-state index contributed by atoms with van der Waals surface area (Å²) in [6, 6.07) is 3.41. The fourth-order valence-corrected chi connectivity index (χ4v) is 3.94. The first-order valence-corrected chi connectivity index (χ1v) is 8.60. The van der Waals surface area contributed by atoms with Crippen LogP contribution >= 0.6 is 22.7 Å². The summed E-state index contributed by atoms with van der Waals surface area (Å²) in [5, 5.41) is 16.5. The van der Waals surface area contributed by atoms with Crippen LogP contribution < -0.4 is 10.6 Å². The van der Waals surface area contributed by atoms with Crippen LogP contribution in [0.25, 0.3) is 0 Å². The Morgan fingerprint density at radius 2 is 2.04 bits per heavy atom. The number of anilines is 1. The van der Waals surface area contributed by atoms with Gasteiger partial charge in [0.25, 0.3) is 5.91 Å². The second-order valence-corrected chi connectivity index (χ2v) is 6.88. The molecule has 2 aromatic heterocycles. The summed E-state index contributed by atoms with van der Waals surface area (Å²) >= 11 is 2.51. The number of rotatable bonds is 6. The van der Waals surface area contributed by atoms with Gasteiger partial charge in [-0.2, -0.15) is 0 Å². The molecule has 0 aliphatic rings. The molecule has 2 heterocycles. The van der Waals surface area contributed by atoms with Gasteiger partial charge in [0, 0.05) is 4.88 Å². The van der Waals surface area contributed by atoms with Gasteiger partial charge in [0.1, 0.15) is 5.00 Å². The number of amides is 2. The number of hydrogen-bond donors (Lipinski definition) is 3. The number of carbonyl (C=O) groups excluding carboxylic acids is 2. The molecule has 0 saturated heterocycles. The third-order valence-corrected chi connectivity index (χ3v) is 5.12. The molecule has 23 heavy (non-hydrogen) atoms. The minimum absolute atomic E-state index is 0.132. The van der Waals surface area contributed by atoms with Crippen LogP contribution in [0.3, 0.4) is 0 Å². The van der Waals surface area contributed by atoms with Crippen molar-refractivity contribution >= 4 is 45.5 Å². The third-order valence-electron chi connectivity index (χ3n) is 3.18. The van der Waals surface area contributed by atoms with Crippen LogP contribution in [0.2, 0.25) is 0 Å². The first kappa shape index (κ1) is 17.2. The standard InChI is InChI=1S/C15H16N2O4S2/c1-3-9-8(2)23-14(12(9)15(20)21)17-11(18)7-16-13(19)10-5-4-6-22-10/h4-6H,3,7H2,1-2H3,(H,16,19)(H,17,18)(H,20,21). The predicted molar refractivity (Wildman–Crippen MR) is 90.7 cm³/mol. The van der Waals surface area contributed by atoms with Gasteiger partial charge in [-0.15, -0.1) is 22.7 Å². The Morgan fingerprint density at radius 3 is 2.61 bits per heavy atom. The number of carboxylic acid groups (broad SMARTS) is 1. The van der Waals surface area contributed by atoms with Crippen LogP contribution in [0.1, 0.15) is 37.4 Å². The van der Waals surface area contributed by atoms with Gasteiger partial charge in [-0.3, -0.25) is 9.59 Å². The van der Waals surface area contributed by atoms with E-state index in [2.05, 4.69) is 10.6 Å². The number of hydrogen-bond acceptors (Lipinski definition) is 5. The Labute approximate surface area is 141 Å². The van der Waals surface area contributed by atoms with Gasteiger partial charge < -0.3 is 15.7 Å². The number of nitrogens with one attached hydrogen (secondary N) is 2. The Hall–Kier alpha value is -2.19. The van der Waals surface area contributed by atoms with Crippen LogP contribution in [0, 0.1) is 6.92 Å². The molecule has 8 heteroatoms. The molecule has 0 fully saturated rings. The summed E-state index contributed by atoms with van der Waals surface area (Å²) in [4.78, 5) is 36.5. The molecule has 0 unspecified atom stereocenters. The zero-order valence-electron chi connectivity index (χ0n) is 12.6. The van der Waals surface area contributed by atoms with Crippen LogP contribution in [-0.2, 0) is 11.2 Å². The van der Waals surface area contributed by atoms with Crippen molar-refractivity contribution in [1.82, 2.24) is 5.32 Å². The first-order chi connectivity index (χ1) is 10.9. The lowest BCUT2D eigenvalue weighted by molar-refractivity contribution is -0.115. The molecule has 0 radical (unpaired) electrons. The van der Waals surface area contributed by atoms with E-state index >= 15 is 0 Å². The van der Waals surface area contributed by atoms with Gasteiger partial charge in [0.15, 0.2) is 0 Å². The van der Waals surface area contributed by atoms with Crippen molar-refractivity contribution in [3.05, 3.63) is 38.4 Å². The zero-order valence-corrected chi connectivity index (χ0v) is 14.3. The lowest BCUT2D eigenvalue weighted by Crippen LogP contribution is -2.32. The Kier molecular flexibility index (Phi) is 5.51. The topological polar surface area (TPSA) is 95.5 Å². The molecular weight excluding hydrogens is 336 g/mol. The van der Waals surface area contributed by atoms with Gasteiger partial charge >= 0.3 is 5.97 Å². The monoisotopic (exact) mass is 352 g/mol. The van der Waals surface area contributed by atoms with Crippen LogP contribution in [0.5, 0.6) is 0 Å². The molecule has 2 aromatic rings. The molecule has 0 spiro atoms. The molecule has 0 bridgehead atoms. The largest absolute Gasteiger partial charge is 0.478 e. The van der Waals surface area contributed by atoms with Crippen molar-refractivity contribution in [3.8, 4) is 0 Å². The fourth-order valence-electron chi connectivity index (χ4n) is 2.14. The van der Waals surface area contributed by atoms with Crippen molar-refractivity contribution in [2.45, 2.75) is 20.3 Å². The minimum Gasteiger partial charge on any atom is -0.478 e. The summed E-state index contributed by atoms with van der Waals surface area (Å²) in [5.41, 5.74) is 0.855. The maximum absolute atomic E-state index is 12.0. The maximum Gasteiger partial charge on any atom is 0.339 e. The number of carboxylic acids is 1. The molecule has 0 aliphatic carbocycles. The van der Waals surface area contributed by atoms with Crippen molar-refractivity contribution in [3.63, 3.8) is 0 Å². The van der Waals surface area contributed by atoms with E-state index in [1.165, 1.54) is 22.7 Å². The Bertz CT molecular complexity index is 735. The summed E-state index contributed by atoms with van der Waals surface area (Å²) in [6.45, 7) is 3.48. The number of carbonyl (C=O) groups is 3. The van der Waals surface area contributed by atoms with E-state index in [1.807, 2.05) is 13.8 Å². The van der Waals surface area contributed by atoms with Crippen molar-refractivity contribution in [1.29, 1.82) is 0 Å². The predicted octanol–water partition coefficient (Wildman–Crippen LogP) is 2.75. The number of aryl methyl sites for hydroxylation is 1. The van der Waals surface area contributed by atoms with Crippen LogP contribution in [0.15, 0.2) is 17.5 Å². The average Bonchev–Trinajstić information content (AvgIpc) is 3.12. The van der Waals surface area contributed by atoms with E-state index < -0.39 is 11.9 Å². The highest BCUT2D eigenvalue weighted by molar-refractivity contribution is 7.16. The molecule has 2 rings (SSSR count). The van der Waals surface area contributed by atoms with Crippen molar-refractivity contribution in [2.75, 3.05) is 11.9 Å². The normalized spacial score (nSPS) is 10.3.